The van der Waals surface area contributed by atoms with E-state index in [2.05, 4.69) is 27.3 Å². The lowest BCUT2D eigenvalue weighted by Gasteiger charge is -2.48. The van der Waals surface area contributed by atoms with Gasteiger partial charge in [-0.2, -0.15) is 0 Å². The fourth-order valence-corrected chi connectivity index (χ4v) is 4.21. The number of fused-ring (bicyclic) bond motifs is 1. The van der Waals surface area contributed by atoms with Crippen LogP contribution in [0.5, 0.6) is 0 Å². The van der Waals surface area contributed by atoms with Crippen LogP contribution in [-0.2, 0) is 23.9 Å². The minimum Gasteiger partial charge on any atom is -0.466 e. The molecule has 1 fully saturated rings. The summed E-state index contributed by atoms with van der Waals surface area (Å²) in [6, 6.07) is -0.584. The Balaban J connectivity index is 2.16. The van der Waals surface area contributed by atoms with Crippen LogP contribution in [0.15, 0.2) is 11.3 Å². The summed E-state index contributed by atoms with van der Waals surface area (Å²) in [6.07, 6.45) is 0. The number of esters is 2. The summed E-state index contributed by atoms with van der Waals surface area (Å²) in [5.41, 5.74) is 6.74. The monoisotopic (exact) mass is 412 g/mol. The van der Waals surface area contributed by atoms with E-state index in [4.69, 9.17) is 10.5 Å². The first kappa shape index (κ1) is 15.6. The molecule has 9 heteroatoms. The number of ether oxygens (including phenoxy) is 2. The predicted octanol–water partition coefficient (Wildman–Crippen LogP) is -0.366. The second-order valence-corrected chi connectivity index (χ2v) is 6.04. The molecule has 1 saturated heterocycles. The lowest BCUT2D eigenvalue weighted by atomic mass is 10.0. The number of thioether (sulfide) groups is 1. The molecule has 7 nitrogen and oxygen atoms in total. The van der Waals surface area contributed by atoms with E-state index in [9.17, 15) is 14.4 Å². The number of amides is 1. The van der Waals surface area contributed by atoms with Crippen molar-refractivity contribution >= 4 is 52.2 Å². The van der Waals surface area contributed by atoms with Crippen LogP contribution in [0.1, 0.15) is 0 Å². The molecular formula is C11H13IN2O5S. The Morgan fingerprint density at radius 3 is 2.85 bits per heavy atom. The molecule has 0 aromatic rings. The molecule has 2 aliphatic heterocycles. The number of nitrogens with two attached hydrogens (primary N) is 1. The molecule has 0 spiro atoms. The fraction of sp³-hybridized carbons (Fsp3) is 0.545. The predicted molar refractivity (Wildman–Crippen MR) is 80.0 cm³/mol. The number of rotatable bonds is 4. The second kappa shape index (κ2) is 6.31. The Morgan fingerprint density at radius 2 is 2.25 bits per heavy atom. The third-order valence-electron chi connectivity index (χ3n) is 2.99. The summed E-state index contributed by atoms with van der Waals surface area (Å²) in [5, 5.41) is -0.227. The number of carbonyl (C=O) groups is 3. The summed E-state index contributed by atoms with van der Waals surface area (Å²) < 4.78 is 9.88. The van der Waals surface area contributed by atoms with Gasteiger partial charge in [-0.15, -0.1) is 11.8 Å². The number of nitrogens with zero attached hydrogens (tertiary/aromatic N) is 1. The Bertz CT molecular complexity index is 495. The van der Waals surface area contributed by atoms with E-state index in [1.54, 1.807) is 0 Å². The Labute approximate surface area is 133 Å². The van der Waals surface area contributed by atoms with Gasteiger partial charge >= 0.3 is 11.9 Å². The molecule has 20 heavy (non-hydrogen) atoms. The molecule has 2 N–H and O–H groups in total. The number of alkyl halides is 1. The van der Waals surface area contributed by atoms with Crippen molar-refractivity contribution in [2.24, 2.45) is 5.73 Å². The van der Waals surface area contributed by atoms with Crippen molar-refractivity contribution in [1.82, 2.24) is 4.90 Å². The third-order valence-corrected chi connectivity index (χ3v) is 5.27. The molecule has 0 aromatic carbocycles. The van der Waals surface area contributed by atoms with E-state index >= 15 is 0 Å². The van der Waals surface area contributed by atoms with Gasteiger partial charge in [0.1, 0.15) is 17.1 Å². The average Bonchev–Trinajstić information content (AvgIpc) is 2.49. The first-order valence-electron chi connectivity index (χ1n) is 5.73. The highest BCUT2D eigenvalue weighted by Crippen LogP contribution is 2.40. The zero-order valence-electron chi connectivity index (χ0n) is 10.6. The van der Waals surface area contributed by atoms with Crippen molar-refractivity contribution in [3.63, 3.8) is 0 Å². The van der Waals surface area contributed by atoms with Crippen molar-refractivity contribution in [3.05, 3.63) is 11.3 Å². The van der Waals surface area contributed by atoms with Crippen molar-refractivity contribution < 1.29 is 23.9 Å². The summed E-state index contributed by atoms with van der Waals surface area (Å²) >= 11 is 3.64. The molecule has 2 rings (SSSR count). The minimum absolute atomic E-state index is 0.221. The van der Waals surface area contributed by atoms with Crippen LogP contribution in [0.3, 0.4) is 0 Å². The molecule has 1 amide bonds. The molecule has 0 saturated carbocycles. The molecule has 2 heterocycles. The molecular weight excluding hydrogens is 399 g/mol. The summed E-state index contributed by atoms with van der Waals surface area (Å²) in [4.78, 5) is 36.3. The highest BCUT2D eigenvalue weighted by Gasteiger charge is 2.51. The first-order valence-corrected chi connectivity index (χ1v) is 8.30. The Morgan fingerprint density at radius 1 is 1.55 bits per heavy atom. The maximum absolute atomic E-state index is 12.1. The first-order chi connectivity index (χ1) is 9.51. The lowest BCUT2D eigenvalue weighted by molar-refractivity contribution is -0.158. The maximum Gasteiger partial charge on any atom is 0.355 e. The number of hydrogen-bond acceptors (Lipinski definition) is 7. The molecule has 0 aliphatic carbocycles. The molecule has 1 unspecified atom stereocenters. The van der Waals surface area contributed by atoms with Crippen molar-refractivity contribution in [3.8, 4) is 0 Å². The average molecular weight is 412 g/mol. The van der Waals surface area contributed by atoms with E-state index in [-0.39, 0.29) is 17.0 Å². The molecule has 110 valence electrons. The Kier molecular flexibility index (Phi) is 4.91. The number of carbonyl (C=O) groups excluding carboxylic acids is 3. The normalized spacial score (nSPS) is 24.9. The van der Waals surface area contributed by atoms with Crippen LogP contribution in [0.25, 0.3) is 0 Å². The summed E-state index contributed by atoms with van der Waals surface area (Å²) in [5.74, 6) is -1.01. The van der Waals surface area contributed by atoms with Gasteiger partial charge in [0.2, 0.25) is 5.91 Å². The largest absolute Gasteiger partial charge is 0.466 e. The van der Waals surface area contributed by atoms with Gasteiger partial charge in [-0.05, 0) is 5.57 Å². The van der Waals surface area contributed by atoms with Crippen molar-refractivity contribution in [2.45, 2.75) is 11.4 Å². The maximum atomic E-state index is 12.1. The third kappa shape index (κ3) is 2.66. The van der Waals surface area contributed by atoms with Crippen LogP contribution in [0.2, 0.25) is 0 Å². The van der Waals surface area contributed by atoms with Crippen LogP contribution in [0.4, 0.5) is 0 Å². The van der Waals surface area contributed by atoms with Gasteiger partial charge in [-0.25, -0.2) is 9.59 Å². The van der Waals surface area contributed by atoms with Gasteiger partial charge in [0.05, 0.1) is 7.11 Å². The standard InChI is InChI=1S/C11H13IN2O5S/c1-18-6(15)3-19-11(17)8-5(2-12)4-20-10-7(13)9(16)14(8)10/h7,10H,2-4,13H2,1H3/t7?,10-/m0/s1. The molecule has 0 aromatic heterocycles. The van der Waals surface area contributed by atoms with Crippen molar-refractivity contribution in [1.29, 1.82) is 0 Å². The van der Waals surface area contributed by atoms with Gasteiger partial charge in [-0.3, -0.25) is 9.69 Å². The molecule has 2 aliphatic rings. The number of halogens is 1. The highest BCUT2D eigenvalue weighted by atomic mass is 127. The summed E-state index contributed by atoms with van der Waals surface area (Å²) in [6.45, 7) is -0.473. The van der Waals surface area contributed by atoms with Crippen LogP contribution in [-0.4, -0.2) is 58.1 Å². The Hall–Kier alpha value is -0.810. The van der Waals surface area contributed by atoms with Crippen LogP contribution < -0.4 is 5.73 Å². The zero-order valence-corrected chi connectivity index (χ0v) is 13.6. The molecule has 0 radical (unpaired) electrons. The SMILES string of the molecule is COC(=O)COC(=O)C1=C(CI)CS[C@H]2C(N)C(=O)N12. The van der Waals surface area contributed by atoms with Gasteiger partial charge < -0.3 is 15.2 Å². The van der Waals surface area contributed by atoms with E-state index in [0.29, 0.717) is 10.2 Å². The fourth-order valence-electron chi connectivity index (χ4n) is 1.92. The smallest absolute Gasteiger partial charge is 0.355 e. The number of hydrogen-bond donors (Lipinski definition) is 1. The van der Waals surface area contributed by atoms with Gasteiger partial charge in [0, 0.05) is 10.2 Å². The van der Waals surface area contributed by atoms with Gasteiger partial charge in [0.15, 0.2) is 6.61 Å². The minimum atomic E-state index is -0.687. The van der Waals surface area contributed by atoms with E-state index in [1.807, 2.05) is 0 Å². The van der Waals surface area contributed by atoms with Crippen LogP contribution >= 0.6 is 34.4 Å². The quantitative estimate of drug-likeness (QED) is 0.291. The van der Waals surface area contributed by atoms with Crippen molar-refractivity contribution in [2.75, 3.05) is 23.9 Å². The number of β-lactam (4-membered cyclic amide) rings is 1. The zero-order chi connectivity index (χ0) is 14.9. The topological polar surface area (TPSA) is 98.9 Å². The van der Waals surface area contributed by atoms with Gasteiger partial charge in [-0.1, -0.05) is 22.6 Å². The van der Waals surface area contributed by atoms with E-state index in [0.717, 1.165) is 5.57 Å². The molecule has 0 bridgehead atoms. The second-order valence-electron chi connectivity index (χ2n) is 4.17. The van der Waals surface area contributed by atoms with E-state index < -0.39 is 24.6 Å². The van der Waals surface area contributed by atoms with E-state index in [1.165, 1.54) is 23.8 Å². The number of methoxy groups -OCH3 is 1. The summed E-state index contributed by atoms with van der Waals surface area (Å²) in [7, 11) is 1.21. The van der Waals surface area contributed by atoms with Crippen LogP contribution in [0, 0.1) is 0 Å². The highest BCUT2D eigenvalue weighted by molar-refractivity contribution is 14.1. The lowest BCUT2D eigenvalue weighted by Crippen LogP contribution is -2.68. The van der Waals surface area contributed by atoms with Gasteiger partial charge in [0.25, 0.3) is 0 Å². The molecule has 2 atom stereocenters.